The van der Waals surface area contributed by atoms with Crippen molar-refractivity contribution in [3.05, 3.63) is 0 Å². The smallest absolute Gasteiger partial charge is 0.308 e. The highest BCUT2D eigenvalue weighted by atomic mass is 127. The third kappa shape index (κ3) is 7.55. The first-order valence-electron chi connectivity index (χ1n) is 8.68. The number of esters is 1. The van der Waals surface area contributed by atoms with Crippen molar-refractivity contribution in [3.63, 3.8) is 0 Å². The number of hydrogen-bond acceptors (Lipinski definition) is 4. The summed E-state index contributed by atoms with van der Waals surface area (Å²) in [5.41, 5.74) is 0. The van der Waals surface area contributed by atoms with Gasteiger partial charge in [0.1, 0.15) is 0 Å². The molecule has 0 aromatic carbocycles. The van der Waals surface area contributed by atoms with Gasteiger partial charge in [0.05, 0.1) is 19.1 Å². The van der Waals surface area contributed by atoms with E-state index >= 15 is 0 Å². The maximum absolute atomic E-state index is 11.6. The van der Waals surface area contributed by atoms with E-state index in [1.165, 1.54) is 7.11 Å². The van der Waals surface area contributed by atoms with Gasteiger partial charge in [-0.25, -0.2) is 0 Å². The number of hydrogen-bond donors (Lipinski definition) is 1. The molecule has 0 radical (unpaired) electrons. The van der Waals surface area contributed by atoms with Crippen LogP contribution in [0.5, 0.6) is 0 Å². The summed E-state index contributed by atoms with van der Waals surface area (Å²) < 4.78 is 10.6. The Bertz CT molecular complexity index is 383. The van der Waals surface area contributed by atoms with Crippen LogP contribution in [0.2, 0.25) is 0 Å². The third-order valence-electron chi connectivity index (χ3n) is 4.38. The van der Waals surface area contributed by atoms with Crippen LogP contribution in [-0.4, -0.2) is 63.3 Å². The predicted octanol–water partition coefficient (Wildman–Crippen LogP) is 2.52. The van der Waals surface area contributed by atoms with Crippen LogP contribution in [0.25, 0.3) is 0 Å². The number of nitrogens with one attached hydrogen (secondary N) is 1. The summed E-state index contributed by atoms with van der Waals surface area (Å²) in [4.78, 5) is 18.2. The Morgan fingerprint density at radius 2 is 1.96 bits per heavy atom. The SMILES string of the molecule is CCOC(CCNC(=NC)N1CCC(C(=O)OC)CC1)C(C)C.I. The molecule has 1 aliphatic heterocycles. The number of ether oxygens (including phenoxy) is 2. The Kier molecular flexibility index (Phi) is 12.4. The highest BCUT2D eigenvalue weighted by Crippen LogP contribution is 2.18. The number of aliphatic imine (C=N–C) groups is 1. The van der Waals surface area contributed by atoms with Crippen molar-refractivity contribution in [2.45, 2.75) is 46.1 Å². The molecule has 7 heteroatoms. The molecule has 1 unspecified atom stereocenters. The average Bonchev–Trinajstić information content (AvgIpc) is 2.57. The molecule has 24 heavy (non-hydrogen) atoms. The molecule has 1 heterocycles. The van der Waals surface area contributed by atoms with Gasteiger partial charge in [0.2, 0.25) is 0 Å². The van der Waals surface area contributed by atoms with Crippen molar-refractivity contribution in [1.29, 1.82) is 0 Å². The van der Waals surface area contributed by atoms with E-state index in [2.05, 4.69) is 29.1 Å². The number of guanidine groups is 1. The van der Waals surface area contributed by atoms with Crippen LogP contribution in [-0.2, 0) is 14.3 Å². The monoisotopic (exact) mass is 455 g/mol. The van der Waals surface area contributed by atoms with Gasteiger partial charge >= 0.3 is 5.97 Å². The van der Waals surface area contributed by atoms with Gasteiger partial charge < -0.3 is 19.7 Å². The topological polar surface area (TPSA) is 63.2 Å². The third-order valence-corrected chi connectivity index (χ3v) is 4.38. The molecule has 0 aromatic rings. The summed E-state index contributed by atoms with van der Waals surface area (Å²) in [7, 11) is 3.26. The molecule has 0 aromatic heterocycles. The van der Waals surface area contributed by atoms with Gasteiger partial charge in [-0.15, -0.1) is 24.0 Å². The van der Waals surface area contributed by atoms with E-state index in [0.29, 0.717) is 5.92 Å². The van der Waals surface area contributed by atoms with E-state index in [1.54, 1.807) is 7.05 Å². The molecule has 0 saturated carbocycles. The Morgan fingerprint density at radius 1 is 1.33 bits per heavy atom. The fraction of sp³-hybridized carbons (Fsp3) is 0.882. The molecule has 1 fully saturated rings. The Balaban J connectivity index is 0.00000529. The minimum Gasteiger partial charge on any atom is -0.469 e. The van der Waals surface area contributed by atoms with Crippen LogP contribution in [0.1, 0.15) is 40.0 Å². The fourth-order valence-electron chi connectivity index (χ4n) is 2.98. The van der Waals surface area contributed by atoms with Gasteiger partial charge in [0.25, 0.3) is 0 Å². The number of piperidine rings is 1. The Hall–Kier alpha value is -0.570. The molecule has 0 spiro atoms. The van der Waals surface area contributed by atoms with E-state index < -0.39 is 0 Å². The van der Waals surface area contributed by atoms with E-state index in [1.807, 2.05) is 6.92 Å². The van der Waals surface area contributed by atoms with Crippen molar-refractivity contribution in [1.82, 2.24) is 10.2 Å². The van der Waals surface area contributed by atoms with Crippen LogP contribution >= 0.6 is 24.0 Å². The number of rotatable bonds is 7. The zero-order chi connectivity index (χ0) is 17.2. The highest BCUT2D eigenvalue weighted by molar-refractivity contribution is 14.0. The highest BCUT2D eigenvalue weighted by Gasteiger charge is 2.27. The number of likely N-dealkylation sites (tertiary alicyclic amines) is 1. The van der Waals surface area contributed by atoms with Gasteiger partial charge in [-0.2, -0.15) is 0 Å². The van der Waals surface area contributed by atoms with E-state index in [-0.39, 0.29) is 42.0 Å². The van der Waals surface area contributed by atoms with Crippen molar-refractivity contribution in [3.8, 4) is 0 Å². The quantitative estimate of drug-likeness (QED) is 0.277. The van der Waals surface area contributed by atoms with Crippen LogP contribution in [0.15, 0.2) is 4.99 Å². The average molecular weight is 455 g/mol. The maximum atomic E-state index is 11.6. The lowest BCUT2D eigenvalue weighted by Crippen LogP contribution is -2.47. The minimum absolute atomic E-state index is 0. The van der Waals surface area contributed by atoms with E-state index in [4.69, 9.17) is 9.47 Å². The van der Waals surface area contributed by atoms with Gasteiger partial charge in [0, 0.05) is 33.3 Å². The van der Waals surface area contributed by atoms with Crippen molar-refractivity contribution >= 4 is 35.9 Å². The lowest BCUT2D eigenvalue weighted by atomic mass is 9.97. The zero-order valence-corrected chi connectivity index (χ0v) is 18.0. The Labute approximate surface area is 163 Å². The van der Waals surface area contributed by atoms with Crippen LogP contribution in [0.3, 0.4) is 0 Å². The molecular weight excluding hydrogens is 421 g/mol. The number of nitrogens with zero attached hydrogens (tertiary/aromatic N) is 2. The lowest BCUT2D eigenvalue weighted by Gasteiger charge is -2.33. The van der Waals surface area contributed by atoms with Gasteiger partial charge in [0.15, 0.2) is 5.96 Å². The largest absolute Gasteiger partial charge is 0.469 e. The summed E-state index contributed by atoms with van der Waals surface area (Å²) in [6.45, 7) is 9.66. The molecule has 0 aliphatic carbocycles. The number of carbonyl (C=O) groups excluding carboxylic acids is 1. The number of methoxy groups -OCH3 is 1. The maximum Gasteiger partial charge on any atom is 0.308 e. The molecule has 1 aliphatic rings. The second-order valence-corrected chi connectivity index (χ2v) is 6.28. The Morgan fingerprint density at radius 3 is 2.42 bits per heavy atom. The molecule has 0 bridgehead atoms. The first-order valence-corrected chi connectivity index (χ1v) is 8.68. The first-order chi connectivity index (χ1) is 11.0. The van der Waals surface area contributed by atoms with Crippen molar-refractivity contribution in [2.24, 2.45) is 16.8 Å². The zero-order valence-electron chi connectivity index (χ0n) is 15.7. The van der Waals surface area contributed by atoms with Gasteiger partial charge in [-0.3, -0.25) is 9.79 Å². The molecule has 1 rings (SSSR count). The number of carbonyl (C=O) groups is 1. The van der Waals surface area contributed by atoms with Crippen LogP contribution < -0.4 is 5.32 Å². The summed E-state index contributed by atoms with van der Waals surface area (Å²) in [5.74, 6) is 1.35. The first kappa shape index (κ1) is 23.4. The normalized spacial score (nSPS) is 17.4. The molecule has 6 nitrogen and oxygen atoms in total. The minimum atomic E-state index is -0.0934. The molecule has 0 amide bonds. The number of halogens is 1. The predicted molar refractivity (Wildman–Crippen MR) is 108 cm³/mol. The van der Waals surface area contributed by atoms with Gasteiger partial charge in [-0.1, -0.05) is 13.8 Å². The second kappa shape index (κ2) is 12.7. The lowest BCUT2D eigenvalue weighted by molar-refractivity contribution is -0.146. The summed E-state index contributed by atoms with van der Waals surface area (Å²) >= 11 is 0. The van der Waals surface area contributed by atoms with Crippen molar-refractivity contribution < 1.29 is 14.3 Å². The van der Waals surface area contributed by atoms with Crippen LogP contribution in [0.4, 0.5) is 0 Å². The van der Waals surface area contributed by atoms with Crippen LogP contribution in [0, 0.1) is 11.8 Å². The van der Waals surface area contributed by atoms with E-state index in [9.17, 15) is 4.79 Å². The standard InChI is InChI=1S/C17H33N3O3.HI/c1-6-23-15(13(2)3)7-10-19-17(18-4)20-11-8-14(9-12-20)16(21)22-5;/h13-15H,6-12H2,1-5H3,(H,18,19);1H. The molecule has 1 saturated heterocycles. The second-order valence-electron chi connectivity index (χ2n) is 6.28. The molecular formula is C17H34IN3O3. The molecule has 142 valence electrons. The van der Waals surface area contributed by atoms with E-state index in [0.717, 1.165) is 51.5 Å². The summed E-state index contributed by atoms with van der Waals surface area (Å²) in [6, 6.07) is 0. The summed E-state index contributed by atoms with van der Waals surface area (Å²) in [6.07, 6.45) is 2.88. The molecule has 1 atom stereocenters. The summed E-state index contributed by atoms with van der Waals surface area (Å²) in [5, 5.41) is 3.42. The molecule has 1 N–H and O–H groups in total. The van der Waals surface area contributed by atoms with Gasteiger partial charge in [-0.05, 0) is 32.1 Å². The fourth-order valence-corrected chi connectivity index (χ4v) is 2.98. The van der Waals surface area contributed by atoms with Crippen molar-refractivity contribution in [2.75, 3.05) is 40.4 Å².